The normalized spacial score (nSPS) is 11.9. The zero-order valence-electron chi connectivity index (χ0n) is 16.0. The van der Waals surface area contributed by atoms with E-state index in [-0.39, 0.29) is 16.6 Å². The number of hydrogen-bond donors (Lipinski definition) is 1. The molecule has 0 fully saturated rings. The van der Waals surface area contributed by atoms with Gasteiger partial charge < -0.3 is 9.88 Å². The highest BCUT2D eigenvalue weighted by molar-refractivity contribution is 7.98. The predicted octanol–water partition coefficient (Wildman–Crippen LogP) is 4.81. The maximum atomic E-state index is 12.5. The van der Waals surface area contributed by atoms with Crippen LogP contribution in [0.3, 0.4) is 0 Å². The van der Waals surface area contributed by atoms with E-state index in [0.717, 1.165) is 5.56 Å². The highest BCUT2D eigenvalue weighted by Crippen LogP contribution is 2.25. The van der Waals surface area contributed by atoms with Crippen molar-refractivity contribution in [1.82, 2.24) is 20.1 Å². The molecule has 1 aromatic heterocycles. The molecule has 0 spiro atoms. The number of rotatable bonds is 7. The van der Waals surface area contributed by atoms with Crippen LogP contribution in [0, 0.1) is 10.1 Å². The molecule has 0 aliphatic rings. The maximum Gasteiger partial charge on any atom is 0.269 e. The van der Waals surface area contributed by atoms with Crippen LogP contribution in [0.2, 0.25) is 10.0 Å². The summed E-state index contributed by atoms with van der Waals surface area (Å²) in [5.74, 6) is 0.817. The topological polar surface area (TPSA) is 103 Å². The second-order valence-corrected chi connectivity index (χ2v) is 8.22. The van der Waals surface area contributed by atoms with Gasteiger partial charge in [0.2, 0.25) is 0 Å². The summed E-state index contributed by atoms with van der Waals surface area (Å²) in [5.41, 5.74) is 1.30. The van der Waals surface area contributed by atoms with Gasteiger partial charge in [0.25, 0.3) is 11.6 Å². The first-order chi connectivity index (χ1) is 14.3. The van der Waals surface area contributed by atoms with E-state index in [1.807, 2.05) is 7.05 Å². The Bertz CT molecular complexity index is 1090. The van der Waals surface area contributed by atoms with Gasteiger partial charge in [-0.15, -0.1) is 10.2 Å². The number of benzene rings is 2. The second-order valence-electron chi connectivity index (χ2n) is 6.43. The SMILES string of the molecule is C[C@H](NC(=O)c1ccc(Cl)cc1Cl)c1nnc(SCc2ccc([N+](=O)[O-])cc2)n1C. The van der Waals surface area contributed by atoms with Crippen molar-refractivity contribution in [3.63, 3.8) is 0 Å². The van der Waals surface area contributed by atoms with E-state index in [0.29, 0.717) is 27.3 Å². The number of carbonyl (C=O) groups is 1. The standard InChI is InChI=1S/C19H17Cl2N5O3S/c1-11(22-18(27)15-8-5-13(20)9-16(15)21)17-23-24-19(25(17)2)30-10-12-3-6-14(7-4-12)26(28)29/h3-9,11H,10H2,1-2H3,(H,22,27)/t11-/m0/s1. The molecule has 0 aliphatic carbocycles. The summed E-state index contributed by atoms with van der Waals surface area (Å²) in [6, 6.07) is 10.6. The molecule has 1 amide bonds. The summed E-state index contributed by atoms with van der Waals surface area (Å²) in [7, 11) is 1.81. The minimum Gasteiger partial charge on any atom is -0.342 e. The largest absolute Gasteiger partial charge is 0.342 e. The summed E-state index contributed by atoms with van der Waals surface area (Å²) in [4.78, 5) is 22.8. The molecule has 2 aromatic carbocycles. The molecule has 30 heavy (non-hydrogen) atoms. The van der Waals surface area contributed by atoms with Crippen LogP contribution in [-0.4, -0.2) is 25.6 Å². The Morgan fingerprint density at radius 1 is 1.23 bits per heavy atom. The van der Waals surface area contributed by atoms with Crippen LogP contribution in [0.4, 0.5) is 5.69 Å². The lowest BCUT2D eigenvalue weighted by Gasteiger charge is -2.14. The lowest BCUT2D eigenvalue weighted by molar-refractivity contribution is -0.384. The zero-order chi connectivity index (χ0) is 21.8. The van der Waals surface area contributed by atoms with E-state index in [2.05, 4.69) is 15.5 Å². The highest BCUT2D eigenvalue weighted by atomic mass is 35.5. The Morgan fingerprint density at radius 3 is 2.57 bits per heavy atom. The number of nitro groups is 1. The van der Waals surface area contributed by atoms with Gasteiger partial charge in [-0.2, -0.15) is 0 Å². The van der Waals surface area contributed by atoms with Crippen LogP contribution in [0.25, 0.3) is 0 Å². The van der Waals surface area contributed by atoms with E-state index in [4.69, 9.17) is 23.2 Å². The van der Waals surface area contributed by atoms with E-state index in [9.17, 15) is 14.9 Å². The number of nitrogens with one attached hydrogen (secondary N) is 1. The quantitative estimate of drug-likeness (QED) is 0.305. The summed E-state index contributed by atoms with van der Waals surface area (Å²) in [5, 5.41) is 23.3. The van der Waals surface area contributed by atoms with Crippen LogP contribution in [0.1, 0.15) is 34.7 Å². The summed E-state index contributed by atoms with van der Waals surface area (Å²) in [6.07, 6.45) is 0. The maximum absolute atomic E-state index is 12.5. The number of carbonyl (C=O) groups excluding carboxylic acids is 1. The Kier molecular flexibility index (Phi) is 6.96. The molecule has 1 N–H and O–H groups in total. The molecular weight excluding hydrogens is 449 g/mol. The van der Waals surface area contributed by atoms with Gasteiger partial charge in [-0.25, -0.2) is 0 Å². The molecule has 0 bridgehead atoms. The van der Waals surface area contributed by atoms with Gasteiger partial charge in [0.05, 0.1) is 21.6 Å². The van der Waals surface area contributed by atoms with E-state index < -0.39 is 11.0 Å². The van der Waals surface area contributed by atoms with Crippen molar-refractivity contribution >= 4 is 46.6 Å². The smallest absolute Gasteiger partial charge is 0.269 e. The lowest BCUT2D eigenvalue weighted by atomic mass is 10.2. The first-order valence-corrected chi connectivity index (χ1v) is 10.5. The summed E-state index contributed by atoms with van der Waals surface area (Å²) in [6.45, 7) is 1.80. The monoisotopic (exact) mass is 465 g/mol. The van der Waals surface area contributed by atoms with Crippen molar-refractivity contribution in [3.8, 4) is 0 Å². The van der Waals surface area contributed by atoms with Crippen LogP contribution in [0.15, 0.2) is 47.6 Å². The number of nitrogens with zero attached hydrogens (tertiary/aromatic N) is 4. The van der Waals surface area contributed by atoms with Gasteiger partial charge in [-0.05, 0) is 30.7 Å². The van der Waals surface area contributed by atoms with Crippen LogP contribution in [-0.2, 0) is 12.8 Å². The molecule has 3 rings (SSSR count). The Labute approximate surface area is 186 Å². The Morgan fingerprint density at radius 2 is 1.93 bits per heavy atom. The van der Waals surface area contributed by atoms with E-state index >= 15 is 0 Å². The van der Waals surface area contributed by atoms with Gasteiger partial charge in [0.1, 0.15) is 0 Å². The molecular formula is C19H17Cl2N5O3S. The van der Waals surface area contributed by atoms with Crippen molar-refractivity contribution in [2.24, 2.45) is 7.05 Å². The number of amides is 1. The minimum absolute atomic E-state index is 0.0510. The van der Waals surface area contributed by atoms with E-state index in [1.54, 1.807) is 35.8 Å². The molecule has 0 unspecified atom stereocenters. The van der Waals surface area contributed by atoms with Crippen LogP contribution in [0.5, 0.6) is 0 Å². The third kappa shape index (κ3) is 5.10. The molecule has 156 valence electrons. The number of nitro benzene ring substituents is 1. The fraction of sp³-hybridized carbons (Fsp3) is 0.211. The second kappa shape index (κ2) is 9.46. The first kappa shape index (κ1) is 22.1. The lowest BCUT2D eigenvalue weighted by Crippen LogP contribution is -2.28. The summed E-state index contributed by atoms with van der Waals surface area (Å²) < 4.78 is 1.80. The average molecular weight is 466 g/mol. The molecule has 11 heteroatoms. The zero-order valence-corrected chi connectivity index (χ0v) is 18.3. The van der Waals surface area contributed by atoms with Crippen molar-refractivity contribution in [1.29, 1.82) is 0 Å². The molecule has 1 atom stereocenters. The van der Waals surface area contributed by atoms with Crippen molar-refractivity contribution < 1.29 is 9.72 Å². The molecule has 0 saturated heterocycles. The number of thioether (sulfide) groups is 1. The number of non-ortho nitro benzene ring substituents is 1. The van der Waals surface area contributed by atoms with Crippen molar-refractivity contribution in [2.45, 2.75) is 23.9 Å². The molecule has 3 aromatic rings. The molecule has 1 heterocycles. The average Bonchev–Trinajstić information content (AvgIpc) is 3.07. The summed E-state index contributed by atoms with van der Waals surface area (Å²) >= 11 is 13.4. The van der Waals surface area contributed by atoms with E-state index in [1.165, 1.54) is 30.0 Å². The fourth-order valence-corrected chi connectivity index (χ4v) is 4.07. The molecule has 0 saturated carbocycles. The van der Waals surface area contributed by atoms with Crippen molar-refractivity contribution in [2.75, 3.05) is 0 Å². The molecule has 0 radical (unpaired) electrons. The molecule has 8 nitrogen and oxygen atoms in total. The molecule has 0 aliphatic heterocycles. The predicted molar refractivity (Wildman–Crippen MR) is 116 cm³/mol. The number of halogens is 2. The Balaban J connectivity index is 1.65. The van der Waals surface area contributed by atoms with Crippen molar-refractivity contribution in [3.05, 3.63) is 79.6 Å². The van der Waals surface area contributed by atoms with Gasteiger partial charge in [-0.3, -0.25) is 14.9 Å². The third-order valence-corrected chi connectivity index (χ3v) is 5.93. The van der Waals surface area contributed by atoms with Gasteiger partial charge >= 0.3 is 0 Å². The van der Waals surface area contributed by atoms with Crippen LogP contribution >= 0.6 is 35.0 Å². The van der Waals surface area contributed by atoms with Crippen LogP contribution < -0.4 is 5.32 Å². The fourth-order valence-electron chi connectivity index (χ4n) is 2.70. The first-order valence-electron chi connectivity index (χ1n) is 8.77. The number of hydrogen-bond acceptors (Lipinski definition) is 6. The minimum atomic E-state index is -0.432. The van der Waals surface area contributed by atoms with Gasteiger partial charge in [0, 0.05) is 30.0 Å². The third-order valence-electron chi connectivity index (χ3n) is 4.29. The Hall–Kier alpha value is -2.62. The highest BCUT2D eigenvalue weighted by Gasteiger charge is 2.20. The number of aromatic nitrogens is 3. The van der Waals surface area contributed by atoms with Gasteiger partial charge in [-0.1, -0.05) is 47.1 Å². The van der Waals surface area contributed by atoms with Gasteiger partial charge in [0.15, 0.2) is 11.0 Å².